The third-order valence-electron chi connectivity index (χ3n) is 4.50. The number of hydrogen-bond acceptors (Lipinski definition) is 2. The zero-order chi connectivity index (χ0) is 14.7. The highest BCUT2D eigenvalue weighted by atomic mass is 15.2. The van der Waals surface area contributed by atoms with Crippen LogP contribution in [0.4, 0.5) is 5.69 Å². The maximum Gasteiger partial charge on any atom is 0.0438 e. The number of hydrogen-bond donors (Lipinski definition) is 1. The van der Waals surface area contributed by atoms with Crippen molar-refractivity contribution in [3.05, 3.63) is 29.3 Å². The van der Waals surface area contributed by atoms with Gasteiger partial charge in [0.2, 0.25) is 0 Å². The lowest BCUT2D eigenvalue weighted by Crippen LogP contribution is -2.58. The molecule has 1 fully saturated rings. The SMILES string of the molecule is CCCC1CN(c2ccc(C)cc2C)C(C(C)C)CN1. The first-order valence-electron chi connectivity index (χ1n) is 8.10. The van der Waals surface area contributed by atoms with Crippen LogP contribution in [0.25, 0.3) is 0 Å². The number of nitrogens with one attached hydrogen (secondary N) is 1. The summed E-state index contributed by atoms with van der Waals surface area (Å²) in [5.41, 5.74) is 4.19. The highest BCUT2D eigenvalue weighted by Crippen LogP contribution is 2.28. The van der Waals surface area contributed by atoms with E-state index in [0.29, 0.717) is 18.0 Å². The van der Waals surface area contributed by atoms with Gasteiger partial charge in [0.25, 0.3) is 0 Å². The molecule has 0 saturated carbocycles. The minimum atomic E-state index is 0.601. The normalized spacial score (nSPS) is 23.4. The van der Waals surface area contributed by atoms with Gasteiger partial charge >= 0.3 is 0 Å². The summed E-state index contributed by atoms with van der Waals surface area (Å²) in [4.78, 5) is 2.65. The Hall–Kier alpha value is -1.02. The van der Waals surface area contributed by atoms with Crippen LogP contribution in [0.5, 0.6) is 0 Å². The van der Waals surface area contributed by atoms with E-state index in [0.717, 1.165) is 13.1 Å². The molecule has 1 aliphatic rings. The molecule has 2 heteroatoms. The van der Waals surface area contributed by atoms with Crippen molar-refractivity contribution < 1.29 is 0 Å². The number of nitrogens with zero attached hydrogens (tertiary/aromatic N) is 1. The average molecular weight is 274 g/mol. The lowest BCUT2D eigenvalue weighted by Gasteiger charge is -2.44. The first-order chi connectivity index (χ1) is 9.52. The Bertz CT molecular complexity index is 439. The second kappa shape index (κ2) is 6.62. The summed E-state index contributed by atoms with van der Waals surface area (Å²) in [7, 11) is 0. The van der Waals surface area contributed by atoms with Gasteiger partial charge in [0.05, 0.1) is 0 Å². The Morgan fingerprint density at radius 1 is 1.30 bits per heavy atom. The Labute approximate surface area is 124 Å². The zero-order valence-corrected chi connectivity index (χ0v) is 13.7. The molecular formula is C18H30N2. The van der Waals surface area contributed by atoms with Crippen molar-refractivity contribution in [1.29, 1.82) is 0 Å². The van der Waals surface area contributed by atoms with Gasteiger partial charge in [-0.3, -0.25) is 0 Å². The van der Waals surface area contributed by atoms with E-state index in [-0.39, 0.29) is 0 Å². The van der Waals surface area contributed by atoms with Gasteiger partial charge in [-0.05, 0) is 37.8 Å². The number of benzene rings is 1. The molecule has 1 aliphatic heterocycles. The molecule has 1 heterocycles. The van der Waals surface area contributed by atoms with Crippen molar-refractivity contribution in [1.82, 2.24) is 5.32 Å². The molecule has 2 rings (SSSR count). The molecule has 1 aromatic carbocycles. The number of anilines is 1. The number of rotatable bonds is 4. The molecule has 2 unspecified atom stereocenters. The third-order valence-corrected chi connectivity index (χ3v) is 4.50. The molecule has 0 spiro atoms. The molecule has 0 radical (unpaired) electrons. The summed E-state index contributed by atoms with van der Waals surface area (Å²) < 4.78 is 0. The monoisotopic (exact) mass is 274 g/mol. The molecule has 0 amide bonds. The van der Waals surface area contributed by atoms with Crippen LogP contribution in [-0.4, -0.2) is 25.2 Å². The van der Waals surface area contributed by atoms with E-state index in [4.69, 9.17) is 0 Å². The van der Waals surface area contributed by atoms with E-state index in [1.54, 1.807) is 0 Å². The second-order valence-corrected chi connectivity index (χ2v) is 6.65. The van der Waals surface area contributed by atoms with Crippen LogP contribution in [0.3, 0.4) is 0 Å². The minimum Gasteiger partial charge on any atom is -0.365 e. The van der Waals surface area contributed by atoms with Crippen LogP contribution in [0.2, 0.25) is 0 Å². The minimum absolute atomic E-state index is 0.601. The van der Waals surface area contributed by atoms with Crippen LogP contribution >= 0.6 is 0 Å². The van der Waals surface area contributed by atoms with E-state index >= 15 is 0 Å². The average Bonchev–Trinajstić information content (AvgIpc) is 2.38. The molecule has 0 bridgehead atoms. The molecule has 1 aromatic rings. The fraction of sp³-hybridized carbons (Fsp3) is 0.667. The summed E-state index contributed by atoms with van der Waals surface area (Å²) in [5, 5.41) is 3.74. The van der Waals surface area contributed by atoms with Gasteiger partial charge in [-0.2, -0.15) is 0 Å². The van der Waals surface area contributed by atoms with Crippen LogP contribution < -0.4 is 10.2 Å². The largest absolute Gasteiger partial charge is 0.365 e. The predicted octanol–water partition coefficient (Wildman–Crippen LogP) is 3.91. The summed E-state index contributed by atoms with van der Waals surface area (Å²) in [6.45, 7) is 13.6. The van der Waals surface area contributed by atoms with Gasteiger partial charge in [-0.25, -0.2) is 0 Å². The summed E-state index contributed by atoms with van der Waals surface area (Å²) in [6.07, 6.45) is 2.52. The van der Waals surface area contributed by atoms with Crippen molar-refractivity contribution in [3.63, 3.8) is 0 Å². The molecule has 2 atom stereocenters. The van der Waals surface area contributed by atoms with Crippen molar-refractivity contribution >= 4 is 5.69 Å². The Morgan fingerprint density at radius 3 is 2.65 bits per heavy atom. The van der Waals surface area contributed by atoms with Gasteiger partial charge in [0.15, 0.2) is 0 Å². The maximum atomic E-state index is 3.74. The summed E-state index contributed by atoms with van der Waals surface area (Å²) >= 11 is 0. The molecule has 1 N–H and O–H groups in total. The van der Waals surface area contributed by atoms with Crippen LogP contribution in [0.1, 0.15) is 44.7 Å². The molecule has 0 aliphatic carbocycles. The van der Waals surface area contributed by atoms with Crippen LogP contribution in [-0.2, 0) is 0 Å². The first-order valence-corrected chi connectivity index (χ1v) is 8.10. The van der Waals surface area contributed by atoms with Crippen molar-refractivity contribution in [2.75, 3.05) is 18.0 Å². The lowest BCUT2D eigenvalue weighted by atomic mass is 9.95. The van der Waals surface area contributed by atoms with Crippen molar-refractivity contribution in [2.45, 2.75) is 59.5 Å². The van der Waals surface area contributed by atoms with Gasteiger partial charge in [-0.1, -0.05) is 44.9 Å². The molecule has 112 valence electrons. The topological polar surface area (TPSA) is 15.3 Å². The lowest BCUT2D eigenvalue weighted by molar-refractivity contribution is 0.327. The van der Waals surface area contributed by atoms with Crippen molar-refractivity contribution in [2.24, 2.45) is 5.92 Å². The fourth-order valence-corrected chi connectivity index (χ4v) is 3.38. The molecular weight excluding hydrogens is 244 g/mol. The third kappa shape index (κ3) is 3.35. The quantitative estimate of drug-likeness (QED) is 0.895. The van der Waals surface area contributed by atoms with E-state index in [2.05, 4.69) is 63.0 Å². The van der Waals surface area contributed by atoms with Gasteiger partial charge < -0.3 is 10.2 Å². The van der Waals surface area contributed by atoms with E-state index in [1.807, 2.05) is 0 Å². The van der Waals surface area contributed by atoms with Crippen LogP contribution in [0.15, 0.2) is 18.2 Å². The zero-order valence-electron chi connectivity index (χ0n) is 13.7. The van der Waals surface area contributed by atoms with E-state index < -0.39 is 0 Å². The van der Waals surface area contributed by atoms with Gasteiger partial charge in [0.1, 0.15) is 0 Å². The molecule has 0 aromatic heterocycles. The Kier molecular flexibility index (Phi) is 5.09. The summed E-state index contributed by atoms with van der Waals surface area (Å²) in [5.74, 6) is 0.672. The van der Waals surface area contributed by atoms with E-state index in [9.17, 15) is 0 Å². The highest BCUT2D eigenvalue weighted by Gasteiger charge is 2.30. The fourth-order valence-electron chi connectivity index (χ4n) is 3.38. The first kappa shape index (κ1) is 15.4. The second-order valence-electron chi connectivity index (χ2n) is 6.65. The Balaban J connectivity index is 2.26. The molecule has 20 heavy (non-hydrogen) atoms. The van der Waals surface area contributed by atoms with Crippen molar-refractivity contribution in [3.8, 4) is 0 Å². The number of piperazine rings is 1. The standard InChI is InChI=1S/C18H30N2/c1-6-7-16-12-20(18(11-19-16)13(2)3)17-9-8-14(4)10-15(17)5/h8-10,13,16,18-19H,6-7,11-12H2,1-5H3. The molecule has 2 nitrogen and oxygen atoms in total. The van der Waals surface area contributed by atoms with Crippen LogP contribution in [0, 0.1) is 19.8 Å². The Morgan fingerprint density at radius 2 is 2.05 bits per heavy atom. The number of aryl methyl sites for hydroxylation is 2. The predicted molar refractivity (Wildman–Crippen MR) is 88.6 cm³/mol. The van der Waals surface area contributed by atoms with E-state index in [1.165, 1.54) is 29.7 Å². The van der Waals surface area contributed by atoms with Gasteiger partial charge in [0, 0.05) is 30.9 Å². The summed E-state index contributed by atoms with van der Waals surface area (Å²) in [6, 6.07) is 8.11. The molecule has 1 saturated heterocycles. The van der Waals surface area contributed by atoms with Gasteiger partial charge in [-0.15, -0.1) is 0 Å². The smallest absolute Gasteiger partial charge is 0.0438 e. The highest BCUT2D eigenvalue weighted by molar-refractivity contribution is 5.56. The maximum absolute atomic E-state index is 3.74.